The molecule has 1 aliphatic heterocycles. The highest BCUT2D eigenvalue weighted by Gasteiger charge is 2.15. The molecule has 0 aromatic carbocycles. The second-order valence-corrected chi connectivity index (χ2v) is 5.94. The number of piperidine rings is 1. The van der Waals surface area contributed by atoms with E-state index in [4.69, 9.17) is 4.74 Å². The molecule has 1 N–H and O–H groups in total. The normalized spacial score (nSPS) is 19.3. The molecule has 0 amide bonds. The molecule has 18 heavy (non-hydrogen) atoms. The van der Waals surface area contributed by atoms with Crippen LogP contribution in [-0.4, -0.2) is 50.3 Å². The minimum Gasteiger partial charge on any atom is -0.380 e. The van der Waals surface area contributed by atoms with E-state index >= 15 is 0 Å². The van der Waals surface area contributed by atoms with E-state index < -0.39 is 0 Å². The van der Waals surface area contributed by atoms with Crippen molar-refractivity contribution in [1.82, 2.24) is 10.2 Å². The van der Waals surface area contributed by atoms with Gasteiger partial charge in [0.2, 0.25) is 0 Å². The van der Waals surface area contributed by atoms with Crippen LogP contribution in [0.1, 0.15) is 46.5 Å². The van der Waals surface area contributed by atoms with Crippen LogP contribution in [0.4, 0.5) is 0 Å². The van der Waals surface area contributed by atoms with Gasteiger partial charge in [0.05, 0.1) is 6.61 Å². The fourth-order valence-corrected chi connectivity index (χ4v) is 2.36. The average Bonchev–Trinajstić information content (AvgIpc) is 2.38. The van der Waals surface area contributed by atoms with Gasteiger partial charge >= 0.3 is 0 Å². The van der Waals surface area contributed by atoms with E-state index in [9.17, 15) is 0 Å². The second kappa shape index (κ2) is 9.76. The quantitative estimate of drug-likeness (QED) is 0.642. The number of hydrogen-bond donors (Lipinski definition) is 1. The van der Waals surface area contributed by atoms with E-state index in [1.807, 2.05) is 0 Å². The molecule has 0 radical (unpaired) electrons. The summed E-state index contributed by atoms with van der Waals surface area (Å²) in [5, 5.41) is 3.50. The SMILES string of the molecule is CC(C)CCOCCNCC(C)N1CCCCC1. The first-order valence-corrected chi connectivity index (χ1v) is 7.72. The van der Waals surface area contributed by atoms with Crippen molar-refractivity contribution in [2.24, 2.45) is 5.92 Å². The minimum absolute atomic E-state index is 0.668. The number of nitrogens with zero attached hydrogens (tertiary/aromatic N) is 1. The summed E-state index contributed by atoms with van der Waals surface area (Å²) in [5.74, 6) is 0.747. The summed E-state index contributed by atoms with van der Waals surface area (Å²) in [6, 6.07) is 0.668. The predicted molar refractivity (Wildman–Crippen MR) is 78.0 cm³/mol. The summed E-state index contributed by atoms with van der Waals surface area (Å²) >= 11 is 0. The topological polar surface area (TPSA) is 24.5 Å². The third-order valence-corrected chi connectivity index (χ3v) is 3.72. The van der Waals surface area contributed by atoms with Crippen LogP contribution >= 0.6 is 0 Å². The number of nitrogens with one attached hydrogen (secondary N) is 1. The van der Waals surface area contributed by atoms with Crippen molar-refractivity contribution in [2.75, 3.05) is 39.4 Å². The standard InChI is InChI=1S/C15H32N2O/c1-14(2)7-11-18-12-8-16-13-15(3)17-9-5-4-6-10-17/h14-16H,4-13H2,1-3H3. The summed E-state index contributed by atoms with van der Waals surface area (Å²) in [6.45, 7) is 13.2. The fourth-order valence-electron chi connectivity index (χ4n) is 2.36. The Hall–Kier alpha value is -0.120. The summed E-state index contributed by atoms with van der Waals surface area (Å²) in [7, 11) is 0. The first kappa shape index (κ1) is 15.9. The molecule has 1 aliphatic rings. The minimum atomic E-state index is 0.668. The Morgan fingerprint density at radius 2 is 1.78 bits per heavy atom. The highest BCUT2D eigenvalue weighted by molar-refractivity contribution is 4.73. The van der Waals surface area contributed by atoms with Crippen LogP contribution in [0.15, 0.2) is 0 Å². The Morgan fingerprint density at radius 1 is 1.06 bits per heavy atom. The predicted octanol–water partition coefficient (Wildman–Crippen LogP) is 2.51. The molecule has 108 valence electrons. The Labute approximate surface area is 113 Å². The zero-order chi connectivity index (χ0) is 13.2. The number of ether oxygens (including phenoxy) is 1. The van der Waals surface area contributed by atoms with Crippen LogP contribution in [-0.2, 0) is 4.74 Å². The molecule has 0 aromatic rings. The molecule has 0 aliphatic carbocycles. The van der Waals surface area contributed by atoms with Crippen LogP contribution < -0.4 is 5.32 Å². The molecule has 0 saturated carbocycles. The Kier molecular flexibility index (Phi) is 8.64. The van der Waals surface area contributed by atoms with E-state index in [0.29, 0.717) is 6.04 Å². The second-order valence-electron chi connectivity index (χ2n) is 5.94. The molecule has 1 rings (SSSR count). The van der Waals surface area contributed by atoms with Gasteiger partial charge in [0.25, 0.3) is 0 Å². The smallest absolute Gasteiger partial charge is 0.0590 e. The van der Waals surface area contributed by atoms with Crippen molar-refractivity contribution >= 4 is 0 Å². The van der Waals surface area contributed by atoms with Gasteiger partial charge in [0.1, 0.15) is 0 Å². The molecule has 1 fully saturated rings. The molecule has 1 atom stereocenters. The zero-order valence-electron chi connectivity index (χ0n) is 12.6. The summed E-state index contributed by atoms with van der Waals surface area (Å²) in [5.41, 5.74) is 0. The maximum Gasteiger partial charge on any atom is 0.0590 e. The van der Waals surface area contributed by atoms with Gasteiger partial charge in [0, 0.05) is 25.7 Å². The molecule has 0 aromatic heterocycles. The lowest BCUT2D eigenvalue weighted by Crippen LogP contribution is -2.43. The largest absolute Gasteiger partial charge is 0.380 e. The fraction of sp³-hybridized carbons (Fsp3) is 1.00. The number of hydrogen-bond acceptors (Lipinski definition) is 3. The van der Waals surface area contributed by atoms with Gasteiger partial charge in [-0.3, -0.25) is 4.90 Å². The van der Waals surface area contributed by atoms with Crippen LogP contribution in [0.5, 0.6) is 0 Å². The van der Waals surface area contributed by atoms with Gasteiger partial charge in [-0.05, 0) is 45.2 Å². The summed E-state index contributed by atoms with van der Waals surface area (Å²) < 4.78 is 5.60. The zero-order valence-corrected chi connectivity index (χ0v) is 12.6. The molecule has 0 spiro atoms. The Bertz CT molecular complexity index is 191. The maximum atomic E-state index is 5.60. The maximum absolute atomic E-state index is 5.60. The van der Waals surface area contributed by atoms with Gasteiger partial charge in [-0.15, -0.1) is 0 Å². The third-order valence-electron chi connectivity index (χ3n) is 3.72. The first-order valence-electron chi connectivity index (χ1n) is 7.72. The van der Waals surface area contributed by atoms with Gasteiger partial charge < -0.3 is 10.1 Å². The third kappa shape index (κ3) is 7.34. The van der Waals surface area contributed by atoms with Crippen molar-refractivity contribution in [2.45, 2.75) is 52.5 Å². The highest BCUT2D eigenvalue weighted by atomic mass is 16.5. The molecular weight excluding hydrogens is 224 g/mol. The van der Waals surface area contributed by atoms with Crippen molar-refractivity contribution in [1.29, 1.82) is 0 Å². The lowest BCUT2D eigenvalue weighted by atomic mass is 10.1. The van der Waals surface area contributed by atoms with Gasteiger partial charge in [-0.1, -0.05) is 20.3 Å². The first-order chi connectivity index (χ1) is 8.70. The van der Waals surface area contributed by atoms with Crippen molar-refractivity contribution in [3.63, 3.8) is 0 Å². The van der Waals surface area contributed by atoms with Gasteiger partial charge in [-0.25, -0.2) is 0 Å². The van der Waals surface area contributed by atoms with Crippen LogP contribution in [0, 0.1) is 5.92 Å². The van der Waals surface area contributed by atoms with Gasteiger partial charge in [-0.2, -0.15) is 0 Å². The van der Waals surface area contributed by atoms with Gasteiger partial charge in [0.15, 0.2) is 0 Å². The molecule has 1 unspecified atom stereocenters. The van der Waals surface area contributed by atoms with Crippen LogP contribution in [0.3, 0.4) is 0 Å². The van der Waals surface area contributed by atoms with Crippen LogP contribution in [0.2, 0.25) is 0 Å². The van der Waals surface area contributed by atoms with Crippen molar-refractivity contribution in [3.8, 4) is 0 Å². The van der Waals surface area contributed by atoms with E-state index in [1.54, 1.807) is 0 Å². The van der Waals surface area contributed by atoms with E-state index in [-0.39, 0.29) is 0 Å². The molecular formula is C15H32N2O. The molecule has 0 bridgehead atoms. The summed E-state index contributed by atoms with van der Waals surface area (Å²) in [6.07, 6.45) is 5.34. The molecule has 1 heterocycles. The molecule has 3 nitrogen and oxygen atoms in total. The molecule has 1 saturated heterocycles. The lowest BCUT2D eigenvalue weighted by molar-refractivity contribution is 0.121. The highest BCUT2D eigenvalue weighted by Crippen LogP contribution is 2.11. The lowest BCUT2D eigenvalue weighted by Gasteiger charge is -2.32. The van der Waals surface area contributed by atoms with E-state index in [1.165, 1.54) is 38.8 Å². The molecule has 3 heteroatoms. The number of likely N-dealkylation sites (tertiary alicyclic amines) is 1. The Balaban J connectivity index is 1.90. The van der Waals surface area contributed by atoms with Crippen molar-refractivity contribution in [3.05, 3.63) is 0 Å². The summed E-state index contributed by atoms with van der Waals surface area (Å²) in [4.78, 5) is 2.61. The average molecular weight is 256 g/mol. The van der Waals surface area contributed by atoms with E-state index in [0.717, 1.165) is 32.2 Å². The van der Waals surface area contributed by atoms with Crippen molar-refractivity contribution < 1.29 is 4.74 Å². The Morgan fingerprint density at radius 3 is 2.44 bits per heavy atom. The number of rotatable bonds is 9. The monoisotopic (exact) mass is 256 g/mol. The van der Waals surface area contributed by atoms with Crippen LogP contribution in [0.25, 0.3) is 0 Å². The van der Waals surface area contributed by atoms with E-state index in [2.05, 4.69) is 31.0 Å².